The highest BCUT2D eigenvalue weighted by atomic mass is 16.5. The highest BCUT2D eigenvalue weighted by Gasteiger charge is 2.14. The molecule has 0 spiro atoms. The Morgan fingerprint density at radius 2 is 2.29 bits per heavy atom. The number of nitrogens with zero attached hydrogens (tertiary/aromatic N) is 2. The maximum Gasteiger partial charge on any atom is 0.0615 e. The van der Waals surface area contributed by atoms with Crippen LogP contribution in [0.1, 0.15) is 25.1 Å². The van der Waals surface area contributed by atoms with E-state index in [2.05, 4.69) is 23.7 Å². The first-order chi connectivity index (χ1) is 8.22. The summed E-state index contributed by atoms with van der Waals surface area (Å²) < 4.78 is 5.19. The molecule has 1 atom stereocenters. The summed E-state index contributed by atoms with van der Waals surface area (Å²) in [4.78, 5) is 6.76. The quantitative estimate of drug-likeness (QED) is 0.779. The molecule has 4 nitrogen and oxygen atoms in total. The van der Waals surface area contributed by atoms with Crippen LogP contribution in [0, 0.1) is 0 Å². The number of ether oxygens (including phenoxy) is 1. The molecule has 0 aliphatic carbocycles. The van der Waals surface area contributed by atoms with Crippen molar-refractivity contribution in [2.45, 2.75) is 33.0 Å². The van der Waals surface area contributed by atoms with Crippen LogP contribution >= 0.6 is 0 Å². The highest BCUT2D eigenvalue weighted by Crippen LogP contribution is 2.10. The monoisotopic (exact) mass is 237 g/mol. The molecule has 96 valence electrons. The van der Waals surface area contributed by atoms with E-state index in [0.29, 0.717) is 12.6 Å². The van der Waals surface area contributed by atoms with Crippen molar-refractivity contribution in [1.82, 2.24) is 9.88 Å². The van der Waals surface area contributed by atoms with Crippen molar-refractivity contribution in [2.75, 3.05) is 20.3 Å². The minimum atomic E-state index is 0.387. The van der Waals surface area contributed by atoms with Crippen LogP contribution in [0.4, 0.5) is 0 Å². The second kappa shape index (κ2) is 7.37. The first-order valence-corrected chi connectivity index (χ1v) is 6.08. The van der Waals surface area contributed by atoms with Gasteiger partial charge in [-0.3, -0.25) is 9.88 Å². The molecule has 0 saturated carbocycles. The molecule has 0 saturated heterocycles. The maximum atomic E-state index is 5.72. The minimum absolute atomic E-state index is 0.387. The largest absolute Gasteiger partial charge is 0.383 e. The predicted octanol–water partition coefficient (Wildman–Crippen LogP) is 1.40. The fourth-order valence-electron chi connectivity index (χ4n) is 1.92. The van der Waals surface area contributed by atoms with Gasteiger partial charge in [0.05, 0.1) is 12.3 Å². The summed E-state index contributed by atoms with van der Waals surface area (Å²) in [6, 6.07) is 4.36. The van der Waals surface area contributed by atoms with Gasteiger partial charge in [0, 0.05) is 32.4 Å². The lowest BCUT2D eigenvalue weighted by molar-refractivity contribution is 0.0972. The summed E-state index contributed by atoms with van der Waals surface area (Å²) in [5.74, 6) is 0. The SMILES string of the molecule is CCN(Cc1ncccc1CN)C(C)COC. The number of aromatic nitrogens is 1. The van der Waals surface area contributed by atoms with Gasteiger partial charge in [0.1, 0.15) is 0 Å². The first-order valence-electron chi connectivity index (χ1n) is 6.08. The summed E-state index contributed by atoms with van der Waals surface area (Å²) in [6.45, 7) is 7.40. The van der Waals surface area contributed by atoms with E-state index in [4.69, 9.17) is 10.5 Å². The van der Waals surface area contributed by atoms with E-state index in [9.17, 15) is 0 Å². The average molecular weight is 237 g/mol. The molecular weight excluding hydrogens is 214 g/mol. The van der Waals surface area contributed by atoms with E-state index in [1.807, 2.05) is 18.3 Å². The Morgan fingerprint density at radius 1 is 1.53 bits per heavy atom. The first kappa shape index (κ1) is 14.1. The molecule has 0 bridgehead atoms. The van der Waals surface area contributed by atoms with Crippen LogP contribution in [-0.2, 0) is 17.8 Å². The van der Waals surface area contributed by atoms with Crippen LogP contribution in [0.25, 0.3) is 0 Å². The van der Waals surface area contributed by atoms with Gasteiger partial charge in [-0.25, -0.2) is 0 Å². The van der Waals surface area contributed by atoms with Crippen molar-refractivity contribution < 1.29 is 4.74 Å². The third-order valence-corrected chi connectivity index (χ3v) is 2.99. The Labute approximate surface area is 104 Å². The molecule has 1 rings (SSSR count). The summed E-state index contributed by atoms with van der Waals surface area (Å²) in [6.07, 6.45) is 1.82. The number of likely N-dealkylation sites (N-methyl/N-ethyl adjacent to an activating group) is 1. The zero-order valence-electron chi connectivity index (χ0n) is 11.0. The van der Waals surface area contributed by atoms with Gasteiger partial charge in [0.25, 0.3) is 0 Å². The lowest BCUT2D eigenvalue weighted by Crippen LogP contribution is -2.36. The normalized spacial score (nSPS) is 13.0. The zero-order chi connectivity index (χ0) is 12.7. The van der Waals surface area contributed by atoms with E-state index < -0.39 is 0 Å². The molecule has 0 aromatic carbocycles. The number of nitrogens with two attached hydrogens (primary N) is 1. The minimum Gasteiger partial charge on any atom is -0.383 e. The van der Waals surface area contributed by atoms with Crippen molar-refractivity contribution in [1.29, 1.82) is 0 Å². The topological polar surface area (TPSA) is 51.4 Å². The molecule has 17 heavy (non-hydrogen) atoms. The lowest BCUT2D eigenvalue weighted by atomic mass is 10.1. The van der Waals surface area contributed by atoms with E-state index in [1.54, 1.807) is 7.11 Å². The third kappa shape index (κ3) is 4.07. The standard InChI is InChI=1S/C13H23N3O/c1-4-16(11(2)10-17-3)9-13-12(8-14)6-5-7-15-13/h5-7,11H,4,8-10,14H2,1-3H3. The lowest BCUT2D eigenvalue weighted by Gasteiger charge is -2.27. The fourth-order valence-corrected chi connectivity index (χ4v) is 1.92. The van der Waals surface area contributed by atoms with Crippen LogP contribution in [0.3, 0.4) is 0 Å². The molecular formula is C13H23N3O. The molecule has 0 amide bonds. The number of rotatable bonds is 7. The van der Waals surface area contributed by atoms with Crippen molar-refractivity contribution in [2.24, 2.45) is 5.73 Å². The van der Waals surface area contributed by atoms with Gasteiger partial charge in [0.15, 0.2) is 0 Å². The van der Waals surface area contributed by atoms with Crippen LogP contribution in [0.2, 0.25) is 0 Å². The molecule has 4 heteroatoms. The van der Waals surface area contributed by atoms with Crippen molar-refractivity contribution in [3.05, 3.63) is 29.6 Å². The second-order valence-electron chi connectivity index (χ2n) is 4.18. The number of hydrogen-bond acceptors (Lipinski definition) is 4. The van der Waals surface area contributed by atoms with Gasteiger partial charge in [-0.15, -0.1) is 0 Å². The van der Waals surface area contributed by atoms with E-state index in [-0.39, 0.29) is 0 Å². The summed E-state index contributed by atoms with van der Waals surface area (Å²) >= 11 is 0. The van der Waals surface area contributed by atoms with E-state index in [1.165, 1.54) is 0 Å². The van der Waals surface area contributed by atoms with Gasteiger partial charge in [0.2, 0.25) is 0 Å². The van der Waals surface area contributed by atoms with Gasteiger partial charge < -0.3 is 10.5 Å². The summed E-state index contributed by atoms with van der Waals surface area (Å²) in [7, 11) is 1.73. The molecule has 1 unspecified atom stereocenters. The fraction of sp³-hybridized carbons (Fsp3) is 0.615. The molecule has 1 aromatic heterocycles. The average Bonchev–Trinajstić information content (AvgIpc) is 2.36. The predicted molar refractivity (Wildman–Crippen MR) is 69.6 cm³/mol. The van der Waals surface area contributed by atoms with Crippen molar-refractivity contribution >= 4 is 0 Å². The molecule has 0 aliphatic heterocycles. The number of hydrogen-bond donors (Lipinski definition) is 1. The van der Waals surface area contributed by atoms with Gasteiger partial charge >= 0.3 is 0 Å². The molecule has 0 aliphatic rings. The maximum absolute atomic E-state index is 5.72. The van der Waals surface area contributed by atoms with E-state index in [0.717, 1.165) is 31.0 Å². The molecule has 1 aromatic rings. The highest BCUT2D eigenvalue weighted by molar-refractivity contribution is 5.19. The number of methoxy groups -OCH3 is 1. The zero-order valence-corrected chi connectivity index (χ0v) is 11.0. The van der Waals surface area contributed by atoms with E-state index >= 15 is 0 Å². The summed E-state index contributed by atoms with van der Waals surface area (Å²) in [5.41, 5.74) is 7.91. The second-order valence-corrected chi connectivity index (χ2v) is 4.18. The third-order valence-electron chi connectivity index (χ3n) is 2.99. The Morgan fingerprint density at radius 3 is 2.88 bits per heavy atom. The van der Waals surface area contributed by atoms with Gasteiger partial charge in [-0.05, 0) is 25.1 Å². The Balaban J connectivity index is 2.73. The Hall–Kier alpha value is -0.970. The molecule has 2 N–H and O–H groups in total. The number of pyridine rings is 1. The van der Waals surface area contributed by atoms with Gasteiger partial charge in [-0.2, -0.15) is 0 Å². The van der Waals surface area contributed by atoms with Crippen LogP contribution in [-0.4, -0.2) is 36.2 Å². The van der Waals surface area contributed by atoms with Crippen LogP contribution in [0.5, 0.6) is 0 Å². The van der Waals surface area contributed by atoms with Crippen molar-refractivity contribution in [3.8, 4) is 0 Å². The molecule has 0 radical (unpaired) electrons. The smallest absolute Gasteiger partial charge is 0.0615 e. The Bertz CT molecular complexity index is 330. The molecule has 0 fully saturated rings. The summed E-state index contributed by atoms with van der Waals surface area (Å²) in [5, 5.41) is 0. The van der Waals surface area contributed by atoms with Crippen LogP contribution < -0.4 is 5.73 Å². The molecule has 1 heterocycles. The van der Waals surface area contributed by atoms with Gasteiger partial charge in [-0.1, -0.05) is 13.0 Å². The van der Waals surface area contributed by atoms with Crippen molar-refractivity contribution in [3.63, 3.8) is 0 Å². The van der Waals surface area contributed by atoms with Crippen LogP contribution in [0.15, 0.2) is 18.3 Å². The Kier molecular flexibility index (Phi) is 6.11.